The lowest BCUT2D eigenvalue weighted by Gasteiger charge is -2.15. The van der Waals surface area contributed by atoms with E-state index in [0.717, 1.165) is 41.6 Å². The van der Waals surface area contributed by atoms with Gasteiger partial charge in [-0.3, -0.25) is 0 Å². The minimum atomic E-state index is 0.285. The minimum Gasteiger partial charge on any atom is -0.370 e. The Morgan fingerprint density at radius 3 is 2.55 bits per heavy atom. The number of aryl methyl sites for hydroxylation is 1. The molecular weight excluding hydrogens is 250 g/mol. The van der Waals surface area contributed by atoms with Gasteiger partial charge >= 0.3 is 0 Å². The number of nitrogens with zero attached hydrogens (tertiary/aromatic N) is 4. The highest BCUT2D eigenvalue weighted by molar-refractivity contribution is 5.51. The number of nitrogens with one attached hydrogen (secondary N) is 1. The summed E-state index contributed by atoms with van der Waals surface area (Å²) in [5.74, 6) is 2.90. The summed E-state index contributed by atoms with van der Waals surface area (Å²) in [6.07, 6.45) is 4.90. The molecule has 0 spiro atoms. The predicted molar refractivity (Wildman–Crippen MR) is 81.5 cm³/mol. The molecule has 5 heteroatoms. The van der Waals surface area contributed by atoms with Crippen molar-refractivity contribution in [3.63, 3.8) is 0 Å². The van der Waals surface area contributed by atoms with Crippen molar-refractivity contribution in [1.82, 2.24) is 19.7 Å². The first-order chi connectivity index (χ1) is 9.52. The third-order valence-electron chi connectivity index (χ3n) is 3.12. The Morgan fingerprint density at radius 2 is 2.00 bits per heavy atom. The third-order valence-corrected chi connectivity index (χ3v) is 3.12. The van der Waals surface area contributed by atoms with Gasteiger partial charge in [0.2, 0.25) is 0 Å². The van der Waals surface area contributed by atoms with E-state index in [1.165, 1.54) is 0 Å². The first kappa shape index (κ1) is 14.5. The fourth-order valence-electron chi connectivity index (χ4n) is 1.95. The van der Waals surface area contributed by atoms with E-state index < -0.39 is 0 Å². The molecule has 0 atom stereocenters. The van der Waals surface area contributed by atoms with Crippen LogP contribution in [0.3, 0.4) is 0 Å². The van der Waals surface area contributed by atoms with Crippen LogP contribution in [0.4, 0.5) is 5.82 Å². The van der Waals surface area contributed by atoms with Gasteiger partial charge in [0, 0.05) is 24.2 Å². The summed E-state index contributed by atoms with van der Waals surface area (Å²) >= 11 is 0. The van der Waals surface area contributed by atoms with Crippen molar-refractivity contribution in [3.05, 3.63) is 29.3 Å². The van der Waals surface area contributed by atoms with E-state index in [-0.39, 0.29) is 5.92 Å². The number of aromatic nitrogens is 4. The summed E-state index contributed by atoms with van der Waals surface area (Å²) in [4.78, 5) is 9.31. The zero-order valence-electron chi connectivity index (χ0n) is 12.9. The van der Waals surface area contributed by atoms with Crippen LogP contribution in [0.2, 0.25) is 0 Å². The number of anilines is 1. The van der Waals surface area contributed by atoms with Gasteiger partial charge in [-0.15, -0.1) is 0 Å². The molecule has 0 bridgehead atoms. The second-order valence-corrected chi connectivity index (χ2v) is 5.42. The van der Waals surface area contributed by atoms with Crippen molar-refractivity contribution in [2.75, 3.05) is 11.9 Å². The van der Waals surface area contributed by atoms with Crippen LogP contribution < -0.4 is 5.32 Å². The molecular formula is C15H23N5. The van der Waals surface area contributed by atoms with Gasteiger partial charge in [0.15, 0.2) is 5.82 Å². The van der Waals surface area contributed by atoms with Crippen LogP contribution in [-0.4, -0.2) is 26.3 Å². The molecule has 0 amide bonds. The Labute approximate surface area is 120 Å². The van der Waals surface area contributed by atoms with Crippen LogP contribution in [0.5, 0.6) is 0 Å². The van der Waals surface area contributed by atoms with Crippen LogP contribution in [0.25, 0.3) is 5.82 Å². The maximum atomic E-state index is 4.67. The first-order valence-electron chi connectivity index (χ1n) is 7.17. The molecule has 0 radical (unpaired) electrons. The highest BCUT2D eigenvalue weighted by atomic mass is 15.3. The smallest absolute Gasteiger partial charge is 0.162 e. The van der Waals surface area contributed by atoms with E-state index in [9.17, 15) is 0 Å². The quantitative estimate of drug-likeness (QED) is 0.908. The Hall–Kier alpha value is -1.91. The van der Waals surface area contributed by atoms with Crippen molar-refractivity contribution in [1.29, 1.82) is 0 Å². The fourth-order valence-corrected chi connectivity index (χ4v) is 1.95. The Kier molecular flexibility index (Phi) is 4.37. The maximum Gasteiger partial charge on any atom is 0.162 e. The maximum absolute atomic E-state index is 4.67. The number of rotatable bonds is 5. The molecule has 0 aliphatic carbocycles. The van der Waals surface area contributed by atoms with Gasteiger partial charge in [-0.2, -0.15) is 5.10 Å². The van der Waals surface area contributed by atoms with Gasteiger partial charge in [-0.25, -0.2) is 14.6 Å². The second kappa shape index (κ2) is 6.03. The summed E-state index contributed by atoms with van der Waals surface area (Å²) in [5, 5.41) is 7.75. The molecule has 0 saturated heterocycles. The summed E-state index contributed by atoms with van der Waals surface area (Å²) in [6.45, 7) is 11.3. The Balaban J connectivity index is 2.51. The van der Waals surface area contributed by atoms with E-state index in [2.05, 4.69) is 41.2 Å². The molecule has 5 nitrogen and oxygen atoms in total. The average Bonchev–Trinajstić information content (AvgIpc) is 2.83. The van der Waals surface area contributed by atoms with Crippen molar-refractivity contribution >= 4 is 5.82 Å². The molecule has 20 heavy (non-hydrogen) atoms. The molecule has 0 aromatic carbocycles. The fraction of sp³-hybridized carbons (Fsp3) is 0.533. The molecule has 0 aliphatic heterocycles. The van der Waals surface area contributed by atoms with E-state index >= 15 is 0 Å². The normalized spacial score (nSPS) is 11.1. The van der Waals surface area contributed by atoms with E-state index in [1.54, 1.807) is 0 Å². The van der Waals surface area contributed by atoms with Crippen molar-refractivity contribution < 1.29 is 0 Å². The van der Waals surface area contributed by atoms with Crippen molar-refractivity contribution in [2.45, 2.75) is 47.0 Å². The number of hydrogen-bond donors (Lipinski definition) is 1. The monoisotopic (exact) mass is 273 g/mol. The van der Waals surface area contributed by atoms with Crippen LogP contribution in [0, 0.1) is 13.8 Å². The van der Waals surface area contributed by atoms with Gasteiger partial charge < -0.3 is 5.32 Å². The predicted octanol–water partition coefficient (Wildman–Crippen LogP) is 3.22. The Bertz CT molecular complexity index is 586. The Morgan fingerprint density at radius 1 is 1.25 bits per heavy atom. The van der Waals surface area contributed by atoms with Crippen LogP contribution in [0.1, 0.15) is 50.1 Å². The van der Waals surface area contributed by atoms with Gasteiger partial charge in [-0.05, 0) is 25.8 Å². The molecule has 2 rings (SSSR count). The number of hydrogen-bond acceptors (Lipinski definition) is 4. The van der Waals surface area contributed by atoms with E-state index in [4.69, 9.17) is 0 Å². The van der Waals surface area contributed by atoms with Crippen molar-refractivity contribution in [2.24, 2.45) is 0 Å². The molecule has 0 fully saturated rings. The lowest BCUT2D eigenvalue weighted by Crippen LogP contribution is -2.13. The SMILES string of the molecule is CCCNc1nc(C(C)C)nc(-n2cc(C)cn2)c1C. The largest absolute Gasteiger partial charge is 0.370 e. The minimum absolute atomic E-state index is 0.285. The first-order valence-corrected chi connectivity index (χ1v) is 7.17. The van der Waals surface area contributed by atoms with E-state index in [1.807, 2.05) is 30.9 Å². The highest BCUT2D eigenvalue weighted by Crippen LogP contribution is 2.22. The van der Waals surface area contributed by atoms with Crippen LogP contribution in [-0.2, 0) is 0 Å². The van der Waals surface area contributed by atoms with E-state index in [0.29, 0.717) is 0 Å². The van der Waals surface area contributed by atoms with Crippen LogP contribution in [0.15, 0.2) is 12.4 Å². The van der Waals surface area contributed by atoms with Gasteiger partial charge in [-0.1, -0.05) is 20.8 Å². The molecule has 0 unspecified atom stereocenters. The topological polar surface area (TPSA) is 55.6 Å². The summed E-state index contributed by atoms with van der Waals surface area (Å²) in [6, 6.07) is 0. The molecule has 2 aromatic rings. The summed E-state index contributed by atoms with van der Waals surface area (Å²) in [7, 11) is 0. The second-order valence-electron chi connectivity index (χ2n) is 5.42. The molecule has 2 heterocycles. The van der Waals surface area contributed by atoms with Crippen molar-refractivity contribution in [3.8, 4) is 5.82 Å². The third kappa shape index (κ3) is 2.98. The van der Waals surface area contributed by atoms with Gasteiger partial charge in [0.25, 0.3) is 0 Å². The lowest BCUT2D eigenvalue weighted by molar-refractivity contribution is 0.739. The highest BCUT2D eigenvalue weighted by Gasteiger charge is 2.14. The summed E-state index contributed by atoms with van der Waals surface area (Å²) < 4.78 is 1.83. The zero-order valence-corrected chi connectivity index (χ0v) is 12.9. The summed E-state index contributed by atoms with van der Waals surface area (Å²) in [5.41, 5.74) is 2.16. The molecule has 0 aliphatic rings. The van der Waals surface area contributed by atoms with Crippen LogP contribution >= 0.6 is 0 Å². The average molecular weight is 273 g/mol. The molecule has 1 N–H and O–H groups in total. The van der Waals surface area contributed by atoms with Gasteiger partial charge in [0.1, 0.15) is 11.6 Å². The molecule has 2 aromatic heterocycles. The molecule has 108 valence electrons. The standard InChI is InChI=1S/C15H23N5/c1-6-7-16-14-12(5)15(19-13(18-14)10(2)3)20-9-11(4)8-17-20/h8-10H,6-7H2,1-5H3,(H,16,18,19). The lowest BCUT2D eigenvalue weighted by atomic mass is 10.2. The van der Waals surface area contributed by atoms with Gasteiger partial charge in [0.05, 0.1) is 6.20 Å². The molecule has 0 saturated carbocycles. The zero-order chi connectivity index (χ0) is 14.7.